The van der Waals surface area contributed by atoms with Crippen molar-refractivity contribution in [2.24, 2.45) is 11.8 Å². The summed E-state index contributed by atoms with van der Waals surface area (Å²) in [5, 5.41) is 0. The molecule has 2 fully saturated rings. The van der Waals surface area contributed by atoms with Gasteiger partial charge in [-0.1, -0.05) is 24.3 Å². The first kappa shape index (κ1) is 19.6. The van der Waals surface area contributed by atoms with Gasteiger partial charge in [0.2, 0.25) is 5.91 Å². The lowest BCUT2D eigenvalue weighted by atomic mass is 9.87. The maximum absolute atomic E-state index is 13.0. The zero-order valence-electron chi connectivity index (χ0n) is 17.6. The number of likely N-dealkylation sites (N-methyl/N-ethyl adjacent to an activating group) is 1. The van der Waals surface area contributed by atoms with Crippen molar-refractivity contribution in [2.45, 2.75) is 19.9 Å². The van der Waals surface area contributed by atoms with Crippen molar-refractivity contribution in [2.75, 3.05) is 40.3 Å². The van der Waals surface area contributed by atoms with Crippen LogP contribution in [0.15, 0.2) is 30.6 Å². The molecule has 0 bridgehead atoms. The Bertz CT molecular complexity index is 921. The summed E-state index contributed by atoms with van der Waals surface area (Å²) >= 11 is 0. The number of nitrogens with one attached hydrogen (secondary N) is 1. The molecule has 3 atom stereocenters. The molecule has 2 amide bonds. The van der Waals surface area contributed by atoms with Gasteiger partial charge in [0, 0.05) is 37.2 Å². The maximum atomic E-state index is 13.0. The van der Waals surface area contributed by atoms with Gasteiger partial charge in [-0.05, 0) is 39.1 Å². The molecule has 2 aliphatic heterocycles. The van der Waals surface area contributed by atoms with Gasteiger partial charge >= 0.3 is 0 Å². The van der Waals surface area contributed by atoms with Gasteiger partial charge in [0.25, 0.3) is 5.91 Å². The number of aromatic nitrogens is 2. The van der Waals surface area contributed by atoms with Crippen molar-refractivity contribution in [3.63, 3.8) is 0 Å². The zero-order valence-corrected chi connectivity index (χ0v) is 17.6. The van der Waals surface area contributed by atoms with Gasteiger partial charge in [0.05, 0.1) is 18.9 Å². The molecule has 1 aromatic heterocycles. The molecule has 29 heavy (non-hydrogen) atoms. The number of carbonyl (C=O) groups is 2. The highest BCUT2D eigenvalue weighted by atomic mass is 16.2. The number of nitrogens with zero attached hydrogens (tertiary/aromatic N) is 4. The number of hydrogen-bond donors (Lipinski definition) is 1. The van der Waals surface area contributed by atoms with Crippen LogP contribution >= 0.6 is 0 Å². The molecule has 0 unspecified atom stereocenters. The Morgan fingerprint density at radius 1 is 1.17 bits per heavy atom. The lowest BCUT2D eigenvalue weighted by molar-refractivity contribution is -0.133. The summed E-state index contributed by atoms with van der Waals surface area (Å²) in [6.45, 7) is 6.39. The normalized spacial score (nSPS) is 23.7. The van der Waals surface area contributed by atoms with Crippen molar-refractivity contribution in [3.8, 4) is 0 Å². The minimum Gasteiger partial charge on any atom is -0.348 e. The van der Waals surface area contributed by atoms with E-state index >= 15 is 0 Å². The standard InChI is InChI=1S/C22H29N5O2/c1-14-7-5-6-8-17(14)21-18-11-26(22(29)20-15(2)23-13-24-20)9-16(18)10-27(21)19(28)12-25(3)4/h5-8,13,16,18,21H,9-12H2,1-4H3,(H,23,24)/t16-,18-,21+/m1/s1. The fourth-order valence-electron chi connectivity index (χ4n) is 4.87. The molecule has 0 saturated carbocycles. The highest BCUT2D eigenvalue weighted by Gasteiger charge is 2.50. The minimum atomic E-state index is -0.0205. The van der Waals surface area contributed by atoms with Crippen LogP contribution in [0.4, 0.5) is 0 Å². The molecular formula is C22H29N5O2. The van der Waals surface area contributed by atoms with Gasteiger partial charge in [-0.2, -0.15) is 0 Å². The van der Waals surface area contributed by atoms with Gasteiger partial charge < -0.3 is 19.7 Å². The molecule has 2 aromatic rings. The molecule has 0 radical (unpaired) electrons. The van der Waals surface area contributed by atoms with Gasteiger partial charge in [0.1, 0.15) is 5.69 Å². The first-order valence-electron chi connectivity index (χ1n) is 10.2. The lowest BCUT2D eigenvalue weighted by Gasteiger charge is -2.31. The van der Waals surface area contributed by atoms with Crippen LogP contribution in [0, 0.1) is 25.7 Å². The van der Waals surface area contributed by atoms with Crippen LogP contribution in [0.5, 0.6) is 0 Å². The first-order chi connectivity index (χ1) is 13.9. The summed E-state index contributed by atoms with van der Waals surface area (Å²) < 4.78 is 0. The summed E-state index contributed by atoms with van der Waals surface area (Å²) in [4.78, 5) is 39.1. The SMILES string of the molecule is Cc1ccccc1[C@H]1[C@@H]2CN(C(=O)c3nc[nH]c3C)C[C@@H]2CN1C(=O)CN(C)C. The third kappa shape index (κ3) is 3.55. The van der Waals surface area contributed by atoms with Crippen LogP contribution < -0.4 is 0 Å². The topological polar surface area (TPSA) is 72.5 Å². The lowest BCUT2D eigenvalue weighted by Crippen LogP contribution is -2.41. The number of amides is 2. The predicted molar refractivity (Wildman–Crippen MR) is 110 cm³/mol. The monoisotopic (exact) mass is 395 g/mol. The number of hydrogen-bond acceptors (Lipinski definition) is 4. The molecule has 1 aromatic carbocycles. The Hall–Kier alpha value is -2.67. The molecule has 1 N–H and O–H groups in total. The Morgan fingerprint density at radius 2 is 1.93 bits per heavy atom. The van der Waals surface area contributed by atoms with E-state index in [1.54, 1.807) is 6.33 Å². The number of aromatic amines is 1. The van der Waals surface area contributed by atoms with E-state index < -0.39 is 0 Å². The molecule has 2 aliphatic rings. The molecular weight excluding hydrogens is 366 g/mol. The summed E-state index contributed by atoms with van der Waals surface area (Å²) in [6, 6.07) is 8.30. The second-order valence-corrected chi connectivity index (χ2v) is 8.60. The fraction of sp³-hybridized carbons (Fsp3) is 0.500. The number of benzene rings is 1. The number of H-pyrrole nitrogens is 1. The fourth-order valence-corrected chi connectivity index (χ4v) is 4.87. The summed E-state index contributed by atoms with van der Waals surface area (Å²) in [6.07, 6.45) is 1.57. The molecule has 7 heteroatoms. The second-order valence-electron chi connectivity index (χ2n) is 8.60. The largest absolute Gasteiger partial charge is 0.348 e. The van der Waals surface area contributed by atoms with Crippen molar-refractivity contribution < 1.29 is 9.59 Å². The van der Waals surface area contributed by atoms with Crippen LogP contribution in [0.2, 0.25) is 0 Å². The van der Waals surface area contributed by atoms with Crippen LogP contribution in [0.25, 0.3) is 0 Å². The average Bonchev–Trinajstić information content (AvgIpc) is 3.35. The molecule has 7 nitrogen and oxygen atoms in total. The van der Waals surface area contributed by atoms with Gasteiger partial charge in [-0.25, -0.2) is 4.98 Å². The van der Waals surface area contributed by atoms with Crippen LogP contribution in [0.3, 0.4) is 0 Å². The molecule has 154 valence electrons. The number of aryl methyl sites for hydroxylation is 2. The van der Waals surface area contributed by atoms with Crippen molar-refractivity contribution >= 4 is 11.8 Å². The van der Waals surface area contributed by atoms with E-state index in [2.05, 4.69) is 29.0 Å². The Balaban J connectivity index is 1.62. The molecule has 4 rings (SSSR count). The van der Waals surface area contributed by atoms with Crippen molar-refractivity contribution in [1.82, 2.24) is 24.7 Å². The van der Waals surface area contributed by atoms with Crippen LogP contribution in [-0.4, -0.2) is 76.8 Å². The highest BCUT2D eigenvalue weighted by Crippen LogP contribution is 2.46. The Kier molecular flexibility index (Phi) is 5.17. The van der Waals surface area contributed by atoms with Gasteiger partial charge in [-0.3, -0.25) is 9.59 Å². The number of imidazole rings is 1. The minimum absolute atomic E-state index is 0.00623. The van der Waals surface area contributed by atoms with Crippen LogP contribution in [0.1, 0.15) is 33.4 Å². The summed E-state index contributed by atoms with van der Waals surface area (Å²) in [5.74, 6) is 0.658. The third-order valence-electron chi connectivity index (χ3n) is 6.26. The van der Waals surface area contributed by atoms with E-state index in [0.29, 0.717) is 31.9 Å². The van der Waals surface area contributed by atoms with Crippen LogP contribution in [-0.2, 0) is 4.79 Å². The summed E-state index contributed by atoms with van der Waals surface area (Å²) in [7, 11) is 3.84. The molecule has 0 aliphatic carbocycles. The second kappa shape index (κ2) is 7.63. The van der Waals surface area contributed by atoms with E-state index in [4.69, 9.17) is 0 Å². The first-order valence-corrected chi connectivity index (χ1v) is 10.2. The van der Waals surface area contributed by atoms with Gasteiger partial charge in [0.15, 0.2) is 0 Å². The van der Waals surface area contributed by atoms with Gasteiger partial charge in [-0.15, -0.1) is 0 Å². The predicted octanol–water partition coefficient (Wildman–Crippen LogP) is 1.86. The number of rotatable bonds is 4. The number of carbonyl (C=O) groups excluding carboxylic acids is 2. The number of fused-ring (bicyclic) bond motifs is 1. The Labute approximate surface area is 171 Å². The van der Waals surface area contributed by atoms with E-state index in [1.807, 2.05) is 47.9 Å². The average molecular weight is 396 g/mol. The quantitative estimate of drug-likeness (QED) is 0.858. The van der Waals surface area contributed by atoms with E-state index in [1.165, 1.54) is 11.1 Å². The zero-order chi connectivity index (χ0) is 20.7. The van der Waals surface area contributed by atoms with Crippen molar-refractivity contribution in [1.29, 1.82) is 0 Å². The third-order valence-corrected chi connectivity index (χ3v) is 6.26. The van der Waals surface area contributed by atoms with E-state index in [0.717, 1.165) is 5.69 Å². The van der Waals surface area contributed by atoms with E-state index in [9.17, 15) is 9.59 Å². The van der Waals surface area contributed by atoms with Crippen molar-refractivity contribution in [3.05, 3.63) is 53.1 Å². The molecule has 0 spiro atoms. The van der Waals surface area contributed by atoms with E-state index in [-0.39, 0.29) is 29.7 Å². The molecule has 3 heterocycles. The molecule has 2 saturated heterocycles. The Morgan fingerprint density at radius 3 is 2.59 bits per heavy atom. The smallest absolute Gasteiger partial charge is 0.274 e. The summed E-state index contributed by atoms with van der Waals surface area (Å²) in [5.41, 5.74) is 3.68. The highest BCUT2D eigenvalue weighted by molar-refractivity contribution is 5.93. The number of likely N-dealkylation sites (tertiary alicyclic amines) is 2. The maximum Gasteiger partial charge on any atom is 0.274 e.